The molecule has 0 fully saturated rings. The first-order valence-electron chi connectivity index (χ1n) is 9.97. The Hall–Kier alpha value is -3.56. The number of aromatic nitrogens is 1. The van der Waals surface area contributed by atoms with Crippen molar-refractivity contribution in [3.8, 4) is 10.6 Å². The van der Waals surface area contributed by atoms with Crippen LogP contribution in [0.3, 0.4) is 0 Å². The fourth-order valence-corrected chi connectivity index (χ4v) is 5.24. The van der Waals surface area contributed by atoms with Gasteiger partial charge >= 0.3 is 0 Å². The smallest absolute Gasteiger partial charge is 0.264 e. The van der Waals surface area contributed by atoms with Crippen molar-refractivity contribution < 1.29 is 17.6 Å². The topological polar surface area (TPSA) is 79.4 Å². The van der Waals surface area contributed by atoms with Crippen molar-refractivity contribution in [3.63, 3.8) is 0 Å². The number of nitrogens with zero attached hydrogens (tertiary/aromatic N) is 2. The molecule has 3 aromatic carbocycles. The van der Waals surface area contributed by atoms with E-state index in [1.807, 2.05) is 6.07 Å². The zero-order valence-electron chi connectivity index (χ0n) is 17.6. The van der Waals surface area contributed by atoms with Crippen molar-refractivity contribution in [2.45, 2.75) is 11.3 Å². The molecule has 9 heteroatoms. The number of amides is 1. The minimum atomic E-state index is -3.80. The van der Waals surface area contributed by atoms with E-state index in [4.69, 9.17) is 0 Å². The summed E-state index contributed by atoms with van der Waals surface area (Å²) in [5.41, 5.74) is 2.09. The third-order valence-electron chi connectivity index (χ3n) is 4.86. The number of carbonyl (C=O) groups excluding carboxylic acids is 1. The van der Waals surface area contributed by atoms with Crippen LogP contribution in [0.25, 0.3) is 10.6 Å². The van der Waals surface area contributed by atoms with Crippen molar-refractivity contribution in [1.29, 1.82) is 0 Å². The van der Waals surface area contributed by atoms with Crippen LogP contribution in [0, 0.1) is 5.82 Å². The van der Waals surface area contributed by atoms with Gasteiger partial charge in [0.05, 0.1) is 22.7 Å². The van der Waals surface area contributed by atoms with Gasteiger partial charge in [0.2, 0.25) is 5.91 Å². The van der Waals surface area contributed by atoms with E-state index < -0.39 is 10.0 Å². The Morgan fingerprint density at radius 2 is 1.79 bits per heavy atom. The fourth-order valence-electron chi connectivity index (χ4n) is 3.18. The second-order valence-electron chi connectivity index (χ2n) is 7.22. The summed E-state index contributed by atoms with van der Waals surface area (Å²) in [6, 6.07) is 20.9. The zero-order valence-corrected chi connectivity index (χ0v) is 19.2. The first kappa shape index (κ1) is 22.6. The molecule has 0 atom stereocenters. The molecule has 168 valence electrons. The van der Waals surface area contributed by atoms with Gasteiger partial charge in [-0.25, -0.2) is 17.8 Å². The van der Waals surface area contributed by atoms with Gasteiger partial charge < -0.3 is 5.32 Å². The number of anilines is 2. The van der Waals surface area contributed by atoms with Crippen molar-refractivity contribution in [3.05, 3.63) is 95.8 Å². The highest BCUT2D eigenvalue weighted by molar-refractivity contribution is 7.92. The molecule has 1 amide bonds. The van der Waals surface area contributed by atoms with Crippen LogP contribution in [0.15, 0.2) is 89.1 Å². The van der Waals surface area contributed by atoms with E-state index in [1.54, 1.807) is 53.9 Å². The van der Waals surface area contributed by atoms with Gasteiger partial charge in [0.25, 0.3) is 10.0 Å². The van der Waals surface area contributed by atoms with Crippen LogP contribution in [0.4, 0.5) is 15.8 Å². The average molecular weight is 482 g/mol. The largest absolute Gasteiger partial charge is 0.326 e. The number of thiazole rings is 1. The summed E-state index contributed by atoms with van der Waals surface area (Å²) < 4.78 is 40.6. The molecule has 1 aromatic heterocycles. The molecule has 0 aliphatic heterocycles. The molecule has 4 rings (SSSR count). The van der Waals surface area contributed by atoms with E-state index in [-0.39, 0.29) is 23.0 Å². The van der Waals surface area contributed by atoms with Crippen molar-refractivity contribution >= 4 is 38.6 Å². The molecule has 0 unspecified atom stereocenters. The molecule has 0 spiro atoms. The van der Waals surface area contributed by atoms with Crippen LogP contribution in [0.5, 0.6) is 0 Å². The first-order chi connectivity index (χ1) is 15.8. The van der Waals surface area contributed by atoms with Crippen LogP contribution in [0.2, 0.25) is 0 Å². The molecule has 0 aliphatic carbocycles. The fraction of sp³-hybridized carbons (Fsp3) is 0.0833. The number of rotatable bonds is 7. The Balaban J connectivity index is 1.46. The van der Waals surface area contributed by atoms with Crippen LogP contribution < -0.4 is 9.62 Å². The third kappa shape index (κ3) is 5.27. The quantitative estimate of drug-likeness (QED) is 0.405. The minimum absolute atomic E-state index is 0.00666. The number of carbonyl (C=O) groups is 1. The van der Waals surface area contributed by atoms with E-state index in [1.165, 1.54) is 47.0 Å². The lowest BCUT2D eigenvalue weighted by Gasteiger charge is -2.19. The summed E-state index contributed by atoms with van der Waals surface area (Å²) >= 11 is 1.32. The van der Waals surface area contributed by atoms with Crippen molar-refractivity contribution in [2.75, 3.05) is 16.7 Å². The highest BCUT2D eigenvalue weighted by atomic mass is 32.2. The summed E-state index contributed by atoms with van der Waals surface area (Å²) in [5, 5.41) is 5.09. The van der Waals surface area contributed by atoms with Gasteiger partial charge in [0.1, 0.15) is 10.8 Å². The maximum Gasteiger partial charge on any atom is 0.264 e. The first-order valence-corrected chi connectivity index (χ1v) is 12.3. The summed E-state index contributed by atoms with van der Waals surface area (Å²) in [6.07, 6.45) is 0.00666. The second-order valence-corrected chi connectivity index (χ2v) is 10.0. The Kier molecular flexibility index (Phi) is 6.52. The number of para-hydroxylation sites is 1. The molecule has 0 aliphatic rings. The van der Waals surface area contributed by atoms with Gasteiger partial charge in [-0.3, -0.25) is 9.10 Å². The standard InChI is InChI=1S/C24H20FN3O3S2/c1-28(21-10-3-2-4-11-21)33(30,31)22-12-6-9-19(14-22)26-23(29)15-20-16-32-24(27-20)17-7-5-8-18(25)13-17/h2-14,16H,15H2,1H3,(H,26,29). The van der Waals surface area contributed by atoms with Gasteiger partial charge in [0, 0.05) is 23.7 Å². The highest BCUT2D eigenvalue weighted by Crippen LogP contribution is 2.26. The molecule has 6 nitrogen and oxygen atoms in total. The number of hydrogen-bond donors (Lipinski definition) is 1. The Labute approximate surface area is 195 Å². The zero-order chi connectivity index (χ0) is 23.4. The summed E-state index contributed by atoms with van der Waals surface area (Å²) in [7, 11) is -2.32. The number of benzene rings is 3. The molecule has 4 aromatic rings. The van der Waals surface area contributed by atoms with E-state index in [0.29, 0.717) is 27.6 Å². The number of sulfonamides is 1. The lowest BCUT2D eigenvalue weighted by atomic mass is 10.2. The summed E-state index contributed by atoms with van der Waals surface area (Å²) in [5.74, 6) is -0.688. The Bertz CT molecular complexity index is 1390. The number of nitrogens with one attached hydrogen (secondary N) is 1. The highest BCUT2D eigenvalue weighted by Gasteiger charge is 2.21. The van der Waals surface area contributed by atoms with Crippen LogP contribution in [-0.4, -0.2) is 26.4 Å². The van der Waals surface area contributed by atoms with Gasteiger partial charge in [-0.15, -0.1) is 11.3 Å². The normalized spacial score (nSPS) is 11.2. The van der Waals surface area contributed by atoms with E-state index in [0.717, 1.165) is 0 Å². The van der Waals surface area contributed by atoms with E-state index in [2.05, 4.69) is 10.3 Å². The number of halogens is 1. The minimum Gasteiger partial charge on any atom is -0.326 e. The number of hydrogen-bond acceptors (Lipinski definition) is 5. The van der Waals surface area contributed by atoms with Crippen molar-refractivity contribution in [2.24, 2.45) is 0 Å². The molecule has 0 saturated heterocycles. The van der Waals surface area contributed by atoms with Crippen LogP contribution in [0.1, 0.15) is 5.69 Å². The molecule has 33 heavy (non-hydrogen) atoms. The van der Waals surface area contributed by atoms with Crippen LogP contribution >= 0.6 is 11.3 Å². The Morgan fingerprint density at radius 3 is 2.55 bits per heavy atom. The summed E-state index contributed by atoms with van der Waals surface area (Å²) in [4.78, 5) is 17.0. The predicted octanol–water partition coefficient (Wildman–Crippen LogP) is 4.96. The summed E-state index contributed by atoms with van der Waals surface area (Å²) in [6.45, 7) is 0. The lowest BCUT2D eigenvalue weighted by Crippen LogP contribution is -2.26. The average Bonchev–Trinajstić information content (AvgIpc) is 3.27. The Morgan fingerprint density at radius 1 is 1.03 bits per heavy atom. The van der Waals surface area contributed by atoms with E-state index in [9.17, 15) is 17.6 Å². The molecule has 0 radical (unpaired) electrons. The lowest BCUT2D eigenvalue weighted by molar-refractivity contribution is -0.115. The maximum atomic E-state index is 13.4. The predicted molar refractivity (Wildman–Crippen MR) is 128 cm³/mol. The molecule has 1 N–H and O–H groups in total. The SMILES string of the molecule is CN(c1ccccc1)S(=O)(=O)c1cccc(NC(=O)Cc2csc(-c3cccc(F)c3)n2)c1. The van der Waals surface area contributed by atoms with Crippen LogP contribution in [-0.2, 0) is 21.2 Å². The third-order valence-corrected chi connectivity index (χ3v) is 7.58. The molecule has 0 bridgehead atoms. The van der Waals surface area contributed by atoms with E-state index >= 15 is 0 Å². The molecule has 1 heterocycles. The van der Waals surface area contributed by atoms with Gasteiger partial charge in [0.15, 0.2) is 0 Å². The van der Waals surface area contributed by atoms with Gasteiger partial charge in [-0.2, -0.15) is 0 Å². The van der Waals surface area contributed by atoms with Gasteiger partial charge in [-0.1, -0.05) is 36.4 Å². The maximum absolute atomic E-state index is 13.4. The monoisotopic (exact) mass is 481 g/mol. The van der Waals surface area contributed by atoms with Gasteiger partial charge in [-0.05, 0) is 42.5 Å². The molecular formula is C24H20FN3O3S2. The molecule has 0 saturated carbocycles. The molecular weight excluding hydrogens is 461 g/mol. The van der Waals surface area contributed by atoms with Crippen molar-refractivity contribution in [1.82, 2.24) is 4.98 Å². The second kappa shape index (κ2) is 9.51.